The molecule has 112 valence electrons. The molecule has 0 radical (unpaired) electrons. The summed E-state index contributed by atoms with van der Waals surface area (Å²) in [5, 5.41) is 0. The quantitative estimate of drug-likeness (QED) is 0.632. The van der Waals surface area contributed by atoms with Gasteiger partial charge in [-0.05, 0) is 71.8 Å². The standard InChI is InChI=1S/C16H32N2O/c1-5-18(12-6-11-17(3)4)13-16(14-19)9-7-15(2)8-10-16/h14-15H,5-13H2,1-4H3. The van der Waals surface area contributed by atoms with Gasteiger partial charge in [0, 0.05) is 12.0 Å². The lowest BCUT2D eigenvalue weighted by atomic mass is 9.71. The number of nitrogens with zero attached hydrogens (tertiary/aromatic N) is 2. The van der Waals surface area contributed by atoms with Gasteiger partial charge in [-0.1, -0.05) is 13.8 Å². The van der Waals surface area contributed by atoms with Gasteiger partial charge in [-0.2, -0.15) is 0 Å². The first-order chi connectivity index (χ1) is 9.01. The van der Waals surface area contributed by atoms with E-state index in [1.807, 2.05) is 0 Å². The summed E-state index contributed by atoms with van der Waals surface area (Å²) in [4.78, 5) is 16.3. The Labute approximate surface area is 119 Å². The van der Waals surface area contributed by atoms with Crippen LogP contribution in [0, 0.1) is 11.3 Å². The molecule has 0 heterocycles. The zero-order valence-corrected chi connectivity index (χ0v) is 13.3. The molecule has 19 heavy (non-hydrogen) atoms. The van der Waals surface area contributed by atoms with Crippen LogP contribution in [0.25, 0.3) is 0 Å². The second-order valence-corrected chi connectivity index (χ2v) is 6.69. The minimum Gasteiger partial charge on any atom is -0.309 e. The highest BCUT2D eigenvalue weighted by Crippen LogP contribution is 2.37. The van der Waals surface area contributed by atoms with Crippen LogP contribution in [0.1, 0.15) is 46.0 Å². The molecular weight excluding hydrogens is 236 g/mol. The van der Waals surface area contributed by atoms with Crippen LogP contribution in [0.5, 0.6) is 0 Å². The number of rotatable bonds is 8. The maximum atomic E-state index is 11.6. The number of carbonyl (C=O) groups is 1. The van der Waals surface area contributed by atoms with Crippen LogP contribution in [0.15, 0.2) is 0 Å². The highest BCUT2D eigenvalue weighted by Gasteiger charge is 2.35. The Kier molecular flexibility index (Phi) is 7.01. The minimum absolute atomic E-state index is 0.0549. The summed E-state index contributed by atoms with van der Waals surface area (Å²) in [5.41, 5.74) is -0.0549. The molecule has 0 N–H and O–H groups in total. The lowest BCUT2D eigenvalue weighted by molar-refractivity contribution is -0.119. The van der Waals surface area contributed by atoms with Gasteiger partial charge in [-0.3, -0.25) is 0 Å². The molecule has 1 fully saturated rings. The van der Waals surface area contributed by atoms with Crippen molar-refractivity contribution in [2.24, 2.45) is 11.3 Å². The monoisotopic (exact) mass is 268 g/mol. The summed E-state index contributed by atoms with van der Waals surface area (Å²) in [6, 6.07) is 0. The summed E-state index contributed by atoms with van der Waals surface area (Å²) in [7, 11) is 4.23. The van der Waals surface area contributed by atoms with E-state index in [1.165, 1.54) is 25.5 Å². The van der Waals surface area contributed by atoms with E-state index in [9.17, 15) is 4.79 Å². The molecular formula is C16H32N2O. The Bertz CT molecular complexity index is 257. The normalized spacial score (nSPS) is 28.0. The smallest absolute Gasteiger partial charge is 0.127 e. The van der Waals surface area contributed by atoms with Gasteiger partial charge in [-0.25, -0.2) is 0 Å². The molecule has 3 heteroatoms. The maximum absolute atomic E-state index is 11.6. The Hall–Kier alpha value is -0.410. The fourth-order valence-corrected chi connectivity index (χ4v) is 3.06. The van der Waals surface area contributed by atoms with Crippen LogP contribution in [0.4, 0.5) is 0 Å². The first-order valence-electron chi connectivity index (χ1n) is 7.85. The number of aldehydes is 1. The third-order valence-electron chi connectivity index (χ3n) is 4.59. The average Bonchev–Trinajstić information content (AvgIpc) is 2.40. The molecule has 3 nitrogen and oxygen atoms in total. The van der Waals surface area contributed by atoms with Gasteiger partial charge >= 0.3 is 0 Å². The van der Waals surface area contributed by atoms with Gasteiger partial charge in [0.15, 0.2) is 0 Å². The first-order valence-corrected chi connectivity index (χ1v) is 7.85. The SMILES string of the molecule is CCN(CCCN(C)C)CC1(C=O)CCC(C)CC1. The summed E-state index contributed by atoms with van der Waals surface area (Å²) < 4.78 is 0. The molecule has 1 aliphatic carbocycles. The van der Waals surface area contributed by atoms with E-state index in [0.29, 0.717) is 0 Å². The van der Waals surface area contributed by atoms with Crippen LogP contribution in [0.3, 0.4) is 0 Å². The van der Waals surface area contributed by atoms with E-state index >= 15 is 0 Å². The molecule has 1 rings (SSSR count). The second-order valence-electron chi connectivity index (χ2n) is 6.69. The van der Waals surface area contributed by atoms with Gasteiger partial charge < -0.3 is 14.6 Å². The van der Waals surface area contributed by atoms with E-state index in [4.69, 9.17) is 0 Å². The molecule has 0 unspecified atom stereocenters. The van der Waals surface area contributed by atoms with Crippen molar-refractivity contribution in [1.29, 1.82) is 0 Å². The summed E-state index contributed by atoms with van der Waals surface area (Å²) in [6.07, 6.45) is 7.05. The van der Waals surface area contributed by atoms with Gasteiger partial charge in [0.05, 0.1) is 0 Å². The molecule has 0 aromatic rings. The topological polar surface area (TPSA) is 23.6 Å². The molecule has 0 amide bonds. The highest BCUT2D eigenvalue weighted by molar-refractivity contribution is 5.60. The zero-order valence-electron chi connectivity index (χ0n) is 13.3. The first kappa shape index (κ1) is 16.6. The van der Waals surface area contributed by atoms with Crippen molar-refractivity contribution in [1.82, 2.24) is 9.80 Å². The van der Waals surface area contributed by atoms with Crippen molar-refractivity contribution in [3.8, 4) is 0 Å². The molecule has 1 saturated carbocycles. The number of hydrogen-bond donors (Lipinski definition) is 0. The van der Waals surface area contributed by atoms with Crippen molar-refractivity contribution in [2.75, 3.05) is 40.3 Å². The Morgan fingerprint density at radius 3 is 2.32 bits per heavy atom. The molecule has 0 spiro atoms. The molecule has 0 aromatic heterocycles. The van der Waals surface area contributed by atoms with Crippen LogP contribution in [-0.4, -0.2) is 56.4 Å². The summed E-state index contributed by atoms with van der Waals surface area (Å²) >= 11 is 0. The van der Waals surface area contributed by atoms with E-state index in [0.717, 1.165) is 44.9 Å². The van der Waals surface area contributed by atoms with Gasteiger partial charge in [0.1, 0.15) is 6.29 Å². The average molecular weight is 268 g/mol. The Balaban J connectivity index is 2.45. The Morgan fingerprint density at radius 1 is 1.21 bits per heavy atom. The van der Waals surface area contributed by atoms with Gasteiger partial charge in [0.2, 0.25) is 0 Å². The minimum atomic E-state index is -0.0549. The van der Waals surface area contributed by atoms with E-state index < -0.39 is 0 Å². The van der Waals surface area contributed by atoms with Gasteiger partial charge in [0.25, 0.3) is 0 Å². The predicted octanol–water partition coefficient (Wildman–Crippen LogP) is 2.66. The molecule has 0 aromatic carbocycles. The van der Waals surface area contributed by atoms with Crippen molar-refractivity contribution < 1.29 is 4.79 Å². The summed E-state index contributed by atoms with van der Waals surface area (Å²) in [6.45, 7) is 8.77. The third kappa shape index (κ3) is 5.62. The molecule has 1 aliphatic rings. The third-order valence-corrected chi connectivity index (χ3v) is 4.59. The van der Waals surface area contributed by atoms with Crippen LogP contribution in [-0.2, 0) is 4.79 Å². The van der Waals surface area contributed by atoms with Crippen molar-refractivity contribution in [2.45, 2.75) is 46.0 Å². The largest absolute Gasteiger partial charge is 0.309 e. The molecule has 0 saturated heterocycles. The van der Waals surface area contributed by atoms with Crippen molar-refractivity contribution in [3.63, 3.8) is 0 Å². The van der Waals surface area contributed by atoms with Crippen LogP contribution < -0.4 is 0 Å². The molecule has 0 atom stereocenters. The second kappa shape index (κ2) is 8.01. The fraction of sp³-hybridized carbons (Fsp3) is 0.938. The van der Waals surface area contributed by atoms with Crippen LogP contribution in [0.2, 0.25) is 0 Å². The predicted molar refractivity (Wildman–Crippen MR) is 81.4 cm³/mol. The molecule has 0 bridgehead atoms. The highest BCUT2D eigenvalue weighted by atomic mass is 16.1. The fourth-order valence-electron chi connectivity index (χ4n) is 3.06. The van der Waals surface area contributed by atoms with E-state index in [-0.39, 0.29) is 5.41 Å². The lowest BCUT2D eigenvalue weighted by Gasteiger charge is -2.38. The number of hydrogen-bond acceptors (Lipinski definition) is 3. The number of carbonyl (C=O) groups excluding carboxylic acids is 1. The van der Waals surface area contributed by atoms with Crippen molar-refractivity contribution in [3.05, 3.63) is 0 Å². The summed E-state index contributed by atoms with van der Waals surface area (Å²) in [5.74, 6) is 0.803. The molecule has 0 aliphatic heterocycles. The van der Waals surface area contributed by atoms with Gasteiger partial charge in [-0.15, -0.1) is 0 Å². The Morgan fingerprint density at radius 2 is 1.84 bits per heavy atom. The zero-order chi connectivity index (χ0) is 14.3. The maximum Gasteiger partial charge on any atom is 0.127 e. The van der Waals surface area contributed by atoms with E-state index in [2.05, 4.69) is 37.7 Å². The van der Waals surface area contributed by atoms with E-state index in [1.54, 1.807) is 0 Å². The van der Waals surface area contributed by atoms with Crippen molar-refractivity contribution >= 4 is 6.29 Å². The lowest BCUT2D eigenvalue weighted by Crippen LogP contribution is -2.42. The van der Waals surface area contributed by atoms with Crippen LogP contribution >= 0.6 is 0 Å².